The fourth-order valence-corrected chi connectivity index (χ4v) is 2.25. The number of carboxylic acid groups (broad SMARTS) is 1. The molecule has 1 aromatic heterocycles. The molecule has 0 bridgehead atoms. The zero-order valence-electron chi connectivity index (χ0n) is 9.52. The van der Waals surface area contributed by atoms with Gasteiger partial charge in [0.2, 0.25) is 0 Å². The van der Waals surface area contributed by atoms with Crippen molar-refractivity contribution in [2.24, 2.45) is 0 Å². The smallest absolute Gasteiger partial charge is 0.335 e. The molecule has 18 heavy (non-hydrogen) atoms. The molecule has 1 heterocycles. The van der Waals surface area contributed by atoms with Gasteiger partial charge < -0.3 is 10.4 Å². The minimum Gasteiger partial charge on any atom is -0.478 e. The third-order valence-electron chi connectivity index (χ3n) is 2.49. The summed E-state index contributed by atoms with van der Waals surface area (Å²) in [7, 11) is 0. The molecule has 0 aliphatic heterocycles. The minimum absolute atomic E-state index is 0.101. The number of carbonyl (C=O) groups is 1. The number of carboxylic acids is 1. The summed E-state index contributed by atoms with van der Waals surface area (Å²) in [5.74, 6) is -1.44. The van der Waals surface area contributed by atoms with E-state index in [2.05, 4.69) is 5.32 Å². The molecule has 0 atom stereocenters. The highest BCUT2D eigenvalue weighted by atomic mass is 32.1. The first-order valence-corrected chi connectivity index (χ1v) is 6.29. The summed E-state index contributed by atoms with van der Waals surface area (Å²) < 4.78 is 13.5. The summed E-state index contributed by atoms with van der Waals surface area (Å²) in [4.78, 5) is 11.9. The average Bonchev–Trinajstić information content (AvgIpc) is 2.84. The molecule has 0 amide bonds. The van der Waals surface area contributed by atoms with Crippen molar-refractivity contribution < 1.29 is 14.3 Å². The number of benzene rings is 1. The van der Waals surface area contributed by atoms with Gasteiger partial charge in [-0.15, -0.1) is 11.3 Å². The van der Waals surface area contributed by atoms with Crippen LogP contribution in [0.2, 0.25) is 0 Å². The van der Waals surface area contributed by atoms with Gasteiger partial charge in [0.15, 0.2) is 0 Å². The first-order chi connectivity index (χ1) is 8.66. The summed E-state index contributed by atoms with van der Waals surface area (Å²) in [6.07, 6.45) is 0. The molecule has 0 aliphatic carbocycles. The van der Waals surface area contributed by atoms with Crippen LogP contribution >= 0.6 is 11.3 Å². The maximum absolute atomic E-state index is 13.5. The predicted octanol–water partition coefficient (Wildman–Crippen LogP) is 2.88. The van der Waals surface area contributed by atoms with Crippen LogP contribution in [0.25, 0.3) is 0 Å². The molecule has 0 radical (unpaired) electrons. The van der Waals surface area contributed by atoms with Crippen LogP contribution in [-0.4, -0.2) is 11.1 Å². The van der Waals surface area contributed by atoms with Gasteiger partial charge in [0.1, 0.15) is 5.82 Å². The van der Waals surface area contributed by atoms with E-state index in [0.717, 1.165) is 4.88 Å². The number of rotatable bonds is 5. The molecule has 2 N–H and O–H groups in total. The molecule has 2 rings (SSSR count). The number of thiophene rings is 1. The van der Waals surface area contributed by atoms with Crippen molar-refractivity contribution in [1.29, 1.82) is 0 Å². The van der Waals surface area contributed by atoms with Gasteiger partial charge in [0.25, 0.3) is 0 Å². The summed E-state index contributed by atoms with van der Waals surface area (Å²) >= 11 is 1.62. The van der Waals surface area contributed by atoms with Crippen molar-refractivity contribution in [3.63, 3.8) is 0 Å². The van der Waals surface area contributed by atoms with Crippen LogP contribution in [0.1, 0.15) is 20.8 Å². The number of halogens is 1. The highest BCUT2D eigenvalue weighted by Crippen LogP contribution is 2.12. The normalized spacial score (nSPS) is 10.5. The second-order valence-electron chi connectivity index (χ2n) is 3.79. The van der Waals surface area contributed by atoms with Crippen LogP contribution in [-0.2, 0) is 13.1 Å². The minimum atomic E-state index is -1.05. The zero-order chi connectivity index (χ0) is 13.0. The second kappa shape index (κ2) is 5.75. The SMILES string of the molecule is O=C(O)c1ccc(F)c(CNCc2cccs2)c1. The molecule has 0 unspecified atom stereocenters. The van der Waals surface area contributed by atoms with Gasteiger partial charge in [-0.3, -0.25) is 0 Å². The van der Waals surface area contributed by atoms with E-state index in [0.29, 0.717) is 18.7 Å². The Labute approximate surface area is 108 Å². The van der Waals surface area contributed by atoms with Crippen LogP contribution in [0.4, 0.5) is 4.39 Å². The fourth-order valence-electron chi connectivity index (χ4n) is 1.58. The molecular formula is C13H12FNO2S. The molecule has 0 spiro atoms. The maximum Gasteiger partial charge on any atom is 0.335 e. The molecule has 5 heteroatoms. The summed E-state index contributed by atoms with van der Waals surface area (Å²) in [5.41, 5.74) is 0.468. The van der Waals surface area contributed by atoms with Crippen molar-refractivity contribution >= 4 is 17.3 Å². The quantitative estimate of drug-likeness (QED) is 0.874. The highest BCUT2D eigenvalue weighted by molar-refractivity contribution is 7.09. The molecule has 0 saturated carbocycles. The Morgan fingerprint density at radius 1 is 1.33 bits per heavy atom. The average molecular weight is 265 g/mol. The van der Waals surface area contributed by atoms with Crippen LogP contribution in [0.15, 0.2) is 35.7 Å². The van der Waals surface area contributed by atoms with E-state index in [9.17, 15) is 9.18 Å². The molecule has 0 aliphatic rings. The van der Waals surface area contributed by atoms with E-state index in [1.807, 2.05) is 17.5 Å². The number of hydrogen-bond acceptors (Lipinski definition) is 3. The Balaban J connectivity index is 2.00. The van der Waals surface area contributed by atoms with Crippen LogP contribution in [0.3, 0.4) is 0 Å². The summed E-state index contributed by atoms with van der Waals surface area (Å²) in [6, 6.07) is 7.75. The second-order valence-corrected chi connectivity index (χ2v) is 4.83. The molecule has 1 aromatic carbocycles. The highest BCUT2D eigenvalue weighted by Gasteiger charge is 2.08. The van der Waals surface area contributed by atoms with Gasteiger partial charge in [-0.05, 0) is 29.6 Å². The lowest BCUT2D eigenvalue weighted by atomic mass is 10.1. The van der Waals surface area contributed by atoms with Crippen molar-refractivity contribution in [2.45, 2.75) is 13.1 Å². The Kier molecular flexibility index (Phi) is 4.07. The summed E-state index contributed by atoms with van der Waals surface area (Å²) in [5, 5.41) is 13.9. The Hall–Kier alpha value is -1.72. The van der Waals surface area contributed by atoms with E-state index in [1.165, 1.54) is 18.2 Å². The van der Waals surface area contributed by atoms with Crippen molar-refractivity contribution in [2.75, 3.05) is 0 Å². The molecular weight excluding hydrogens is 253 g/mol. The number of hydrogen-bond donors (Lipinski definition) is 2. The lowest BCUT2D eigenvalue weighted by molar-refractivity contribution is 0.0696. The third kappa shape index (κ3) is 3.15. The van der Waals surface area contributed by atoms with Crippen LogP contribution < -0.4 is 5.32 Å². The molecule has 0 saturated heterocycles. The lowest BCUT2D eigenvalue weighted by Crippen LogP contribution is -2.13. The van der Waals surface area contributed by atoms with Gasteiger partial charge in [-0.1, -0.05) is 6.07 Å². The molecule has 94 valence electrons. The van der Waals surface area contributed by atoms with Crippen molar-refractivity contribution in [3.8, 4) is 0 Å². The van der Waals surface area contributed by atoms with Crippen LogP contribution in [0, 0.1) is 5.82 Å². The summed E-state index contributed by atoms with van der Waals surface area (Å²) in [6.45, 7) is 0.958. The van der Waals surface area contributed by atoms with E-state index >= 15 is 0 Å². The topological polar surface area (TPSA) is 49.3 Å². The van der Waals surface area contributed by atoms with E-state index in [4.69, 9.17) is 5.11 Å². The Morgan fingerprint density at radius 2 is 2.17 bits per heavy atom. The van der Waals surface area contributed by atoms with E-state index < -0.39 is 11.8 Å². The Bertz CT molecular complexity index is 540. The van der Waals surface area contributed by atoms with Gasteiger partial charge in [-0.2, -0.15) is 0 Å². The number of nitrogens with one attached hydrogen (secondary N) is 1. The standard InChI is InChI=1S/C13H12FNO2S/c14-12-4-3-9(13(16)17)6-10(12)7-15-8-11-2-1-5-18-11/h1-6,15H,7-8H2,(H,16,17). The fraction of sp³-hybridized carbons (Fsp3) is 0.154. The monoisotopic (exact) mass is 265 g/mol. The maximum atomic E-state index is 13.5. The lowest BCUT2D eigenvalue weighted by Gasteiger charge is -2.06. The van der Waals surface area contributed by atoms with Crippen molar-refractivity contribution in [3.05, 3.63) is 57.5 Å². The van der Waals surface area contributed by atoms with E-state index in [-0.39, 0.29) is 5.56 Å². The van der Waals surface area contributed by atoms with Gasteiger partial charge in [0.05, 0.1) is 5.56 Å². The predicted molar refractivity (Wildman–Crippen MR) is 68.2 cm³/mol. The van der Waals surface area contributed by atoms with Crippen molar-refractivity contribution in [1.82, 2.24) is 5.32 Å². The zero-order valence-corrected chi connectivity index (χ0v) is 10.3. The molecule has 0 fully saturated rings. The van der Waals surface area contributed by atoms with Gasteiger partial charge in [0, 0.05) is 23.5 Å². The van der Waals surface area contributed by atoms with E-state index in [1.54, 1.807) is 11.3 Å². The molecule has 3 nitrogen and oxygen atoms in total. The first-order valence-electron chi connectivity index (χ1n) is 5.41. The largest absolute Gasteiger partial charge is 0.478 e. The molecule has 2 aromatic rings. The van der Waals surface area contributed by atoms with Gasteiger partial charge in [-0.25, -0.2) is 9.18 Å². The number of aromatic carboxylic acids is 1. The Morgan fingerprint density at radius 3 is 2.83 bits per heavy atom. The first kappa shape index (κ1) is 12.7. The van der Waals surface area contributed by atoms with Gasteiger partial charge >= 0.3 is 5.97 Å². The third-order valence-corrected chi connectivity index (χ3v) is 3.36. The van der Waals surface area contributed by atoms with Crippen LogP contribution in [0.5, 0.6) is 0 Å².